The van der Waals surface area contributed by atoms with E-state index >= 15 is 0 Å². The summed E-state index contributed by atoms with van der Waals surface area (Å²) >= 11 is 0. The first-order valence-corrected chi connectivity index (χ1v) is 5.79. The zero-order valence-electron chi connectivity index (χ0n) is 10.5. The smallest absolute Gasteiger partial charge is 0.320 e. The number of carboxylic acid groups (broad SMARTS) is 1. The van der Waals surface area contributed by atoms with Crippen LogP contribution in [0.2, 0.25) is 0 Å². The second-order valence-corrected chi connectivity index (χ2v) is 4.50. The van der Waals surface area contributed by atoms with Gasteiger partial charge in [-0.3, -0.25) is 14.9 Å². The van der Waals surface area contributed by atoms with Gasteiger partial charge in [0.1, 0.15) is 6.04 Å². The van der Waals surface area contributed by atoms with Gasteiger partial charge >= 0.3 is 5.97 Å². The number of aliphatic carboxylic acids is 1. The summed E-state index contributed by atoms with van der Waals surface area (Å²) in [4.78, 5) is 24.1. The van der Waals surface area contributed by atoms with Crippen molar-refractivity contribution in [1.29, 1.82) is 0 Å². The summed E-state index contributed by atoms with van der Waals surface area (Å²) in [6.07, 6.45) is 0.0548. The largest absolute Gasteiger partial charge is 0.480 e. The third-order valence-electron chi connectivity index (χ3n) is 2.70. The molecule has 2 N–H and O–H groups in total. The Kier molecular flexibility index (Phi) is 4.89. The van der Waals surface area contributed by atoms with Crippen LogP contribution in [0.4, 0.5) is 0 Å². The van der Waals surface area contributed by atoms with E-state index in [2.05, 4.69) is 5.32 Å². The zero-order chi connectivity index (χ0) is 13.0. The zero-order valence-corrected chi connectivity index (χ0v) is 10.5. The molecule has 0 aromatic carbocycles. The number of hydrogen-bond acceptors (Lipinski definition) is 4. The molecule has 0 bridgehead atoms. The fourth-order valence-electron chi connectivity index (χ4n) is 1.82. The average Bonchev–Trinajstić information content (AvgIpc) is 2.23. The monoisotopic (exact) mass is 244 g/mol. The van der Waals surface area contributed by atoms with Gasteiger partial charge in [0.2, 0.25) is 5.91 Å². The van der Waals surface area contributed by atoms with Gasteiger partial charge in [0.25, 0.3) is 0 Å². The van der Waals surface area contributed by atoms with E-state index in [0.29, 0.717) is 13.1 Å². The summed E-state index contributed by atoms with van der Waals surface area (Å²) in [6, 6.07) is -0.713. The van der Waals surface area contributed by atoms with E-state index in [9.17, 15) is 9.59 Å². The van der Waals surface area contributed by atoms with Crippen molar-refractivity contribution >= 4 is 11.9 Å². The van der Waals surface area contributed by atoms with Crippen LogP contribution in [0, 0.1) is 0 Å². The molecular formula is C11H20N2O4. The predicted molar refractivity (Wildman–Crippen MR) is 61.7 cm³/mol. The van der Waals surface area contributed by atoms with Crippen molar-refractivity contribution in [2.45, 2.75) is 39.0 Å². The SMILES string of the molecule is CC1CN(C(=O)CN[C@@H](C)C(=O)O)CC(C)O1. The van der Waals surface area contributed by atoms with Crippen molar-refractivity contribution in [1.82, 2.24) is 10.2 Å². The fourth-order valence-corrected chi connectivity index (χ4v) is 1.82. The number of nitrogens with one attached hydrogen (secondary N) is 1. The van der Waals surface area contributed by atoms with Gasteiger partial charge < -0.3 is 14.7 Å². The summed E-state index contributed by atoms with van der Waals surface area (Å²) in [5.41, 5.74) is 0. The van der Waals surface area contributed by atoms with Crippen molar-refractivity contribution in [2.24, 2.45) is 0 Å². The van der Waals surface area contributed by atoms with E-state index in [1.54, 1.807) is 4.90 Å². The molecule has 1 rings (SSSR count). The van der Waals surface area contributed by atoms with Crippen molar-refractivity contribution < 1.29 is 19.4 Å². The van der Waals surface area contributed by atoms with E-state index in [0.717, 1.165) is 0 Å². The van der Waals surface area contributed by atoms with Crippen molar-refractivity contribution in [3.63, 3.8) is 0 Å². The van der Waals surface area contributed by atoms with E-state index in [4.69, 9.17) is 9.84 Å². The van der Waals surface area contributed by atoms with E-state index < -0.39 is 12.0 Å². The van der Waals surface area contributed by atoms with Crippen LogP contribution < -0.4 is 5.32 Å². The van der Waals surface area contributed by atoms with Gasteiger partial charge in [-0.05, 0) is 20.8 Å². The summed E-state index contributed by atoms with van der Waals surface area (Å²) in [7, 11) is 0. The topological polar surface area (TPSA) is 78.9 Å². The molecule has 1 saturated heterocycles. The van der Waals surface area contributed by atoms with Crippen molar-refractivity contribution in [2.75, 3.05) is 19.6 Å². The number of nitrogens with zero attached hydrogens (tertiary/aromatic N) is 1. The van der Waals surface area contributed by atoms with E-state index in [-0.39, 0.29) is 24.7 Å². The lowest BCUT2D eigenvalue weighted by Crippen LogP contribution is -2.51. The summed E-state index contributed by atoms with van der Waals surface area (Å²) < 4.78 is 5.52. The van der Waals surface area contributed by atoms with Crippen LogP contribution >= 0.6 is 0 Å². The molecular weight excluding hydrogens is 224 g/mol. The van der Waals surface area contributed by atoms with E-state index in [1.165, 1.54) is 6.92 Å². The molecule has 0 saturated carbocycles. The quantitative estimate of drug-likeness (QED) is 0.709. The lowest BCUT2D eigenvalue weighted by atomic mass is 10.2. The number of carbonyl (C=O) groups excluding carboxylic acids is 1. The third kappa shape index (κ3) is 4.32. The van der Waals surface area contributed by atoms with Crippen LogP contribution in [-0.4, -0.2) is 59.8 Å². The highest BCUT2D eigenvalue weighted by Crippen LogP contribution is 2.10. The average molecular weight is 244 g/mol. The second kappa shape index (κ2) is 5.97. The van der Waals surface area contributed by atoms with Gasteiger partial charge in [-0.1, -0.05) is 0 Å². The molecule has 1 aliphatic rings. The standard InChI is InChI=1S/C11H20N2O4/c1-7-5-13(6-8(2)17-7)10(14)4-12-9(3)11(15)16/h7-9,12H,4-6H2,1-3H3,(H,15,16)/t7?,8?,9-/m0/s1. The number of ether oxygens (including phenoxy) is 1. The van der Waals surface area contributed by atoms with Gasteiger partial charge in [0.05, 0.1) is 18.8 Å². The second-order valence-electron chi connectivity index (χ2n) is 4.50. The lowest BCUT2D eigenvalue weighted by Gasteiger charge is -2.35. The Morgan fingerprint density at radius 3 is 2.41 bits per heavy atom. The van der Waals surface area contributed by atoms with Crippen LogP contribution in [0.5, 0.6) is 0 Å². The molecule has 2 unspecified atom stereocenters. The van der Waals surface area contributed by atoms with Crippen molar-refractivity contribution in [3.05, 3.63) is 0 Å². The maximum atomic E-state index is 11.8. The molecule has 0 aromatic heterocycles. The van der Waals surface area contributed by atoms with Crippen LogP contribution in [0.1, 0.15) is 20.8 Å². The summed E-state index contributed by atoms with van der Waals surface area (Å²) in [6.45, 7) is 6.53. The summed E-state index contributed by atoms with van der Waals surface area (Å²) in [5.74, 6) is -1.04. The molecule has 98 valence electrons. The van der Waals surface area contributed by atoms with Gasteiger partial charge in [-0.25, -0.2) is 0 Å². The molecule has 0 aliphatic carbocycles. The number of rotatable bonds is 4. The van der Waals surface area contributed by atoms with Gasteiger partial charge in [0, 0.05) is 13.1 Å². The molecule has 3 atom stereocenters. The molecule has 0 spiro atoms. The number of hydrogen-bond donors (Lipinski definition) is 2. The molecule has 0 aromatic rings. The number of morpholine rings is 1. The minimum atomic E-state index is -0.957. The molecule has 1 heterocycles. The van der Waals surface area contributed by atoms with Crippen LogP contribution in [-0.2, 0) is 14.3 Å². The van der Waals surface area contributed by atoms with Crippen LogP contribution in [0.25, 0.3) is 0 Å². The Morgan fingerprint density at radius 1 is 1.41 bits per heavy atom. The van der Waals surface area contributed by atoms with Gasteiger partial charge in [-0.15, -0.1) is 0 Å². The highest BCUT2D eigenvalue weighted by Gasteiger charge is 2.26. The number of carboxylic acids is 1. The molecule has 6 heteroatoms. The molecule has 17 heavy (non-hydrogen) atoms. The van der Waals surface area contributed by atoms with Gasteiger partial charge in [-0.2, -0.15) is 0 Å². The van der Waals surface area contributed by atoms with E-state index in [1.807, 2.05) is 13.8 Å². The van der Waals surface area contributed by atoms with Crippen molar-refractivity contribution in [3.8, 4) is 0 Å². The Hall–Kier alpha value is -1.14. The molecule has 1 amide bonds. The van der Waals surface area contributed by atoms with Crippen LogP contribution in [0.3, 0.4) is 0 Å². The normalized spacial score (nSPS) is 26.6. The maximum absolute atomic E-state index is 11.8. The number of carbonyl (C=O) groups is 2. The minimum absolute atomic E-state index is 0.0274. The maximum Gasteiger partial charge on any atom is 0.320 e. The fraction of sp³-hybridized carbons (Fsp3) is 0.818. The molecule has 1 aliphatic heterocycles. The third-order valence-corrected chi connectivity index (χ3v) is 2.70. The Morgan fingerprint density at radius 2 is 1.94 bits per heavy atom. The molecule has 6 nitrogen and oxygen atoms in total. The predicted octanol–water partition coefficient (Wildman–Crippen LogP) is -0.315. The highest BCUT2D eigenvalue weighted by molar-refractivity contribution is 5.80. The first-order valence-electron chi connectivity index (χ1n) is 5.79. The Bertz CT molecular complexity index is 285. The minimum Gasteiger partial charge on any atom is -0.480 e. The first kappa shape index (κ1) is 13.9. The number of amides is 1. The molecule has 0 radical (unpaired) electrons. The van der Waals surface area contributed by atoms with Crippen LogP contribution in [0.15, 0.2) is 0 Å². The Labute approximate surface area is 101 Å². The summed E-state index contributed by atoms with van der Waals surface area (Å²) in [5, 5.41) is 11.4. The lowest BCUT2D eigenvalue weighted by molar-refractivity contribution is -0.143. The van der Waals surface area contributed by atoms with Gasteiger partial charge in [0.15, 0.2) is 0 Å². The highest BCUT2D eigenvalue weighted by atomic mass is 16.5. The Balaban J connectivity index is 2.39. The first-order chi connectivity index (χ1) is 7.90. The molecule has 1 fully saturated rings.